The van der Waals surface area contributed by atoms with Crippen LogP contribution in [0, 0.1) is 5.82 Å². The molecule has 1 aliphatic heterocycles. The predicted octanol–water partition coefficient (Wildman–Crippen LogP) is 3.65. The zero-order chi connectivity index (χ0) is 20.6. The highest BCUT2D eigenvalue weighted by atomic mass is 19.1. The van der Waals surface area contributed by atoms with Crippen molar-refractivity contribution in [2.75, 3.05) is 19.6 Å². The molecule has 4 rings (SSSR count). The Labute approximate surface area is 168 Å². The van der Waals surface area contributed by atoms with E-state index in [1.54, 1.807) is 29.3 Å². The van der Waals surface area contributed by atoms with Crippen LogP contribution in [0.3, 0.4) is 0 Å². The number of benzene rings is 1. The average Bonchev–Trinajstić information content (AvgIpc) is 3.11. The van der Waals surface area contributed by atoms with Gasteiger partial charge in [-0.2, -0.15) is 0 Å². The summed E-state index contributed by atoms with van der Waals surface area (Å²) in [5.74, 6) is -0.325. The van der Waals surface area contributed by atoms with E-state index in [2.05, 4.69) is 20.3 Å². The van der Waals surface area contributed by atoms with Crippen molar-refractivity contribution < 1.29 is 13.9 Å². The highest BCUT2D eigenvalue weighted by molar-refractivity contribution is 5.95. The molecule has 1 atom stereocenters. The SMILES string of the molecule is CC(C)(C)OC(=O)N1CCNCC1c1ncnc2[nH]cc(-c3ccccc3F)c12. The number of nitrogens with one attached hydrogen (secondary N) is 2. The lowest BCUT2D eigenvalue weighted by Crippen LogP contribution is -2.50. The standard InChI is InChI=1S/C21H24FN5O2/c1-21(2,3)29-20(28)27-9-8-23-11-16(27)18-17-14(10-24-19(17)26-12-25-18)13-6-4-5-7-15(13)22/h4-7,10,12,16,23H,8-9,11H2,1-3H3,(H,24,25,26). The zero-order valence-electron chi connectivity index (χ0n) is 16.7. The normalized spacial score (nSPS) is 17.5. The molecule has 1 unspecified atom stereocenters. The largest absolute Gasteiger partial charge is 0.444 e. The number of H-pyrrole nitrogens is 1. The van der Waals surface area contributed by atoms with Gasteiger partial charge in [-0.1, -0.05) is 18.2 Å². The molecule has 0 radical (unpaired) electrons. The second-order valence-corrected chi connectivity index (χ2v) is 8.06. The van der Waals surface area contributed by atoms with E-state index in [1.165, 1.54) is 12.4 Å². The van der Waals surface area contributed by atoms with Gasteiger partial charge in [-0.05, 0) is 26.8 Å². The van der Waals surface area contributed by atoms with Crippen molar-refractivity contribution in [2.24, 2.45) is 0 Å². The van der Waals surface area contributed by atoms with Crippen molar-refractivity contribution in [1.82, 2.24) is 25.2 Å². The molecule has 2 N–H and O–H groups in total. The predicted molar refractivity (Wildman–Crippen MR) is 108 cm³/mol. The van der Waals surface area contributed by atoms with Gasteiger partial charge in [-0.25, -0.2) is 19.2 Å². The molecule has 1 amide bonds. The third-order valence-corrected chi connectivity index (χ3v) is 4.85. The van der Waals surface area contributed by atoms with E-state index in [1.807, 2.05) is 20.8 Å². The van der Waals surface area contributed by atoms with Gasteiger partial charge in [0.2, 0.25) is 0 Å². The summed E-state index contributed by atoms with van der Waals surface area (Å²) in [5, 5.41) is 4.02. The monoisotopic (exact) mass is 397 g/mol. The van der Waals surface area contributed by atoms with Crippen LogP contribution in [0.15, 0.2) is 36.8 Å². The maximum atomic E-state index is 14.5. The number of aromatic nitrogens is 3. The smallest absolute Gasteiger partial charge is 0.410 e. The topological polar surface area (TPSA) is 83.1 Å². The summed E-state index contributed by atoms with van der Waals surface area (Å²) in [7, 11) is 0. The van der Waals surface area contributed by atoms with E-state index < -0.39 is 11.7 Å². The Balaban J connectivity index is 1.81. The van der Waals surface area contributed by atoms with Crippen LogP contribution in [-0.4, -0.2) is 51.2 Å². The second-order valence-electron chi connectivity index (χ2n) is 8.06. The first-order valence-corrected chi connectivity index (χ1v) is 9.62. The highest BCUT2D eigenvalue weighted by Crippen LogP contribution is 2.35. The maximum Gasteiger partial charge on any atom is 0.410 e. The van der Waals surface area contributed by atoms with Gasteiger partial charge in [0.25, 0.3) is 0 Å². The number of rotatable bonds is 2. The van der Waals surface area contributed by atoms with Gasteiger partial charge in [0.1, 0.15) is 23.4 Å². The number of hydrogen-bond donors (Lipinski definition) is 2. The Morgan fingerprint density at radius 1 is 1.24 bits per heavy atom. The molecule has 3 aromatic rings. The molecule has 2 aromatic heterocycles. The summed E-state index contributed by atoms with van der Waals surface area (Å²) >= 11 is 0. The fourth-order valence-corrected chi connectivity index (χ4v) is 3.62. The first kappa shape index (κ1) is 19.3. The van der Waals surface area contributed by atoms with Gasteiger partial charge in [0.15, 0.2) is 0 Å². The summed E-state index contributed by atoms with van der Waals surface area (Å²) in [4.78, 5) is 26.4. The molecule has 1 aromatic carbocycles. The molecule has 29 heavy (non-hydrogen) atoms. The van der Waals surface area contributed by atoms with Gasteiger partial charge < -0.3 is 15.0 Å². The molecule has 3 heterocycles. The van der Waals surface area contributed by atoms with E-state index in [4.69, 9.17) is 4.74 Å². The number of carbonyl (C=O) groups excluding carboxylic acids is 1. The molecule has 1 aliphatic rings. The van der Waals surface area contributed by atoms with Crippen molar-refractivity contribution >= 4 is 17.1 Å². The molecular formula is C21H24FN5O2. The lowest BCUT2D eigenvalue weighted by atomic mass is 10.00. The third kappa shape index (κ3) is 3.80. The van der Waals surface area contributed by atoms with E-state index in [-0.39, 0.29) is 11.9 Å². The number of ether oxygens (including phenoxy) is 1. The number of hydrogen-bond acceptors (Lipinski definition) is 5. The quantitative estimate of drug-likeness (QED) is 0.690. The molecule has 0 spiro atoms. The summed E-state index contributed by atoms with van der Waals surface area (Å²) in [6.07, 6.45) is 2.80. The summed E-state index contributed by atoms with van der Waals surface area (Å²) in [5.41, 5.74) is 1.79. The van der Waals surface area contributed by atoms with Gasteiger partial charge in [0, 0.05) is 37.0 Å². The minimum atomic E-state index is -0.597. The molecule has 0 saturated carbocycles. The second kappa shape index (κ2) is 7.44. The Kier molecular flexibility index (Phi) is 4.96. The van der Waals surface area contributed by atoms with Crippen LogP contribution in [0.1, 0.15) is 32.5 Å². The summed E-state index contributed by atoms with van der Waals surface area (Å²) in [6, 6.07) is 6.23. The molecule has 0 bridgehead atoms. The average molecular weight is 397 g/mol. The van der Waals surface area contributed by atoms with E-state index in [0.717, 1.165) is 0 Å². The van der Waals surface area contributed by atoms with Crippen molar-refractivity contribution in [3.63, 3.8) is 0 Å². The van der Waals surface area contributed by atoms with Crippen LogP contribution >= 0.6 is 0 Å². The lowest BCUT2D eigenvalue weighted by molar-refractivity contribution is 0.0115. The fraction of sp³-hybridized carbons (Fsp3) is 0.381. The maximum absolute atomic E-state index is 14.5. The summed E-state index contributed by atoms with van der Waals surface area (Å²) in [6.45, 7) is 7.20. The molecular weight excluding hydrogens is 373 g/mol. The van der Waals surface area contributed by atoms with Gasteiger partial charge >= 0.3 is 6.09 Å². The van der Waals surface area contributed by atoms with Crippen LogP contribution in [0.4, 0.5) is 9.18 Å². The number of nitrogens with zero attached hydrogens (tertiary/aromatic N) is 3. The molecule has 1 fully saturated rings. The Bertz CT molecular complexity index is 1040. The van der Waals surface area contributed by atoms with Crippen molar-refractivity contribution in [1.29, 1.82) is 0 Å². The van der Waals surface area contributed by atoms with Gasteiger partial charge in [0.05, 0.1) is 17.1 Å². The van der Waals surface area contributed by atoms with Crippen LogP contribution in [0.5, 0.6) is 0 Å². The molecule has 152 valence electrons. The van der Waals surface area contributed by atoms with Crippen molar-refractivity contribution in [3.05, 3.63) is 48.3 Å². The Morgan fingerprint density at radius 2 is 2.03 bits per heavy atom. The number of fused-ring (bicyclic) bond motifs is 1. The third-order valence-electron chi connectivity index (χ3n) is 4.85. The van der Waals surface area contributed by atoms with E-state index >= 15 is 0 Å². The molecule has 7 nitrogen and oxygen atoms in total. The van der Waals surface area contributed by atoms with Gasteiger partial charge in [-0.3, -0.25) is 4.90 Å². The van der Waals surface area contributed by atoms with Crippen LogP contribution < -0.4 is 5.32 Å². The lowest BCUT2D eigenvalue weighted by Gasteiger charge is -2.37. The fourth-order valence-electron chi connectivity index (χ4n) is 3.62. The number of halogens is 1. The first-order valence-electron chi connectivity index (χ1n) is 9.62. The highest BCUT2D eigenvalue weighted by Gasteiger charge is 2.34. The zero-order valence-corrected chi connectivity index (χ0v) is 16.7. The Hall–Kier alpha value is -3.00. The molecule has 8 heteroatoms. The van der Waals surface area contributed by atoms with Gasteiger partial charge in [-0.15, -0.1) is 0 Å². The van der Waals surface area contributed by atoms with Crippen molar-refractivity contribution in [2.45, 2.75) is 32.4 Å². The molecule has 0 aliphatic carbocycles. The Morgan fingerprint density at radius 3 is 2.79 bits per heavy atom. The minimum absolute atomic E-state index is 0.325. The van der Waals surface area contributed by atoms with E-state index in [0.29, 0.717) is 47.5 Å². The van der Waals surface area contributed by atoms with Crippen LogP contribution in [0.25, 0.3) is 22.2 Å². The number of piperazine rings is 1. The number of aromatic amines is 1. The van der Waals surface area contributed by atoms with E-state index in [9.17, 15) is 9.18 Å². The summed E-state index contributed by atoms with van der Waals surface area (Å²) < 4.78 is 20.1. The number of carbonyl (C=O) groups is 1. The number of amides is 1. The van der Waals surface area contributed by atoms with Crippen LogP contribution in [0.2, 0.25) is 0 Å². The van der Waals surface area contributed by atoms with Crippen molar-refractivity contribution in [3.8, 4) is 11.1 Å². The minimum Gasteiger partial charge on any atom is -0.444 e. The molecule has 1 saturated heterocycles. The van der Waals surface area contributed by atoms with Crippen LogP contribution in [-0.2, 0) is 4.74 Å². The first-order chi connectivity index (χ1) is 13.8.